The number of hydrogen-bond donors (Lipinski definition) is 2. The normalized spacial score (nSPS) is 14.9. The van der Waals surface area contributed by atoms with Crippen LogP contribution in [0.5, 0.6) is 0 Å². The summed E-state index contributed by atoms with van der Waals surface area (Å²) in [6.07, 6.45) is 6.41. The zero-order valence-corrected chi connectivity index (χ0v) is 17.3. The van der Waals surface area contributed by atoms with E-state index in [0.717, 1.165) is 19.3 Å². The molecule has 0 aromatic rings. The van der Waals surface area contributed by atoms with E-state index in [1.165, 1.54) is 11.8 Å². The van der Waals surface area contributed by atoms with Crippen molar-refractivity contribution >= 4 is 11.9 Å². The van der Waals surface area contributed by atoms with Crippen LogP contribution in [0.1, 0.15) is 46.5 Å². The van der Waals surface area contributed by atoms with E-state index < -0.39 is 18.1 Å². The van der Waals surface area contributed by atoms with Crippen LogP contribution in [0.15, 0.2) is 17.1 Å². The molecular weight excluding hydrogens is 311 g/mol. The first-order valence-corrected chi connectivity index (χ1v) is 7.34. The number of aliphatic carboxylic acids is 1. The van der Waals surface area contributed by atoms with Crippen molar-refractivity contribution in [3.05, 3.63) is 12.2 Å². The minimum Gasteiger partial charge on any atom is -0.862 e. The number of nitrogens with zero attached hydrogens (tertiary/aromatic N) is 2. The number of carboxylic acids is 1. The fourth-order valence-corrected chi connectivity index (χ4v) is 1.79. The molecule has 2 unspecified atom stereocenters. The molecule has 0 saturated heterocycles. The Morgan fingerprint density at radius 1 is 1.36 bits per heavy atom. The number of carboxylic acid groups (broad SMARTS) is 1. The molecule has 0 bridgehead atoms. The Balaban J connectivity index is 0. The van der Waals surface area contributed by atoms with Crippen LogP contribution < -0.4 is 56.5 Å². The third kappa shape index (κ3) is 12.7. The topological polar surface area (TPSA) is 96.2 Å². The van der Waals surface area contributed by atoms with E-state index >= 15 is 0 Å². The van der Waals surface area contributed by atoms with Crippen LogP contribution >= 0.6 is 0 Å². The van der Waals surface area contributed by atoms with Gasteiger partial charge in [-0.3, -0.25) is 14.7 Å². The molecule has 0 amide bonds. The maximum Gasteiger partial charge on any atom is 1.00 e. The second kappa shape index (κ2) is 14.8. The zero-order chi connectivity index (χ0) is 16.3. The Kier molecular flexibility index (Phi) is 16.5. The minimum atomic E-state index is -0.996. The molecule has 7 heteroatoms. The molecule has 2 N–H and O–H groups in total. The first kappa shape index (κ1) is 24.5. The number of aliphatic hydroxyl groups is 1. The van der Waals surface area contributed by atoms with Gasteiger partial charge in [0.1, 0.15) is 6.04 Å². The van der Waals surface area contributed by atoms with Crippen molar-refractivity contribution in [1.82, 2.24) is 4.90 Å². The summed E-state index contributed by atoms with van der Waals surface area (Å²) in [6, 6.07) is -0.786. The molecule has 0 heterocycles. The molecule has 122 valence electrons. The number of hydrogen-bond acceptors (Lipinski definition) is 5. The van der Waals surface area contributed by atoms with Crippen LogP contribution in [0, 0.1) is 0 Å². The fraction of sp³-hybridized carbons (Fsp3) is 0.733. The number of aliphatic imine (C=N–C) groups is 1. The van der Waals surface area contributed by atoms with Gasteiger partial charge in [0.2, 0.25) is 0 Å². The molecule has 0 fully saturated rings. The van der Waals surface area contributed by atoms with Gasteiger partial charge >= 0.3 is 57.4 Å². The van der Waals surface area contributed by atoms with Crippen molar-refractivity contribution in [1.29, 1.82) is 0 Å². The van der Waals surface area contributed by atoms with Crippen LogP contribution in [-0.2, 0) is 4.79 Å². The molecule has 0 aliphatic carbocycles. The Morgan fingerprint density at radius 2 is 2.00 bits per heavy atom. The molecule has 22 heavy (non-hydrogen) atoms. The van der Waals surface area contributed by atoms with Gasteiger partial charge in [-0.1, -0.05) is 12.2 Å². The van der Waals surface area contributed by atoms with E-state index in [1.807, 2.05) is 13.0 Å². The molecule has 0 aromatic carbocycles. The minimum absolute atomic E-state index is 0. The molecule has 6 nitrogen and oxygen atoms in total. The molecule has 0 rings (SSSR count). The summed E-state index contributed by atoms with van der Waals surface area (Å²) in [5.74, 6) is -1.21. The van der Waals surface area contributed by atoms with Crippen LogP contribution in [0.2, 0.25) is 0 Å². The summed E-state index contributed by atoms with van der Waals surface area (Å²) < 4.78 is 0. The molecule has 0 aliphatic heterocycles. The monoisotopic (exact) mass is 338 g/mol. The zero-order valence-electron chi connectivity index (χ0n) is 14.2. The van der Waals surface area contributed by atoms with E-state index in [4.69, 9.17) is 5.11 Å². The largest absolute Gasteiger partial charge is 1.00 e. The van der Waals surface area contributed by atoms with Gasteiger partial charge in [0.25, 0.3) is 0 Å². The predicted octanol–water partition coefficient (Wildman–Crippen LogP) is -2.00. The van der Waals surface area contributed by atoms with Crippen molar-refractivity contribution in [2.45, 2.75) is 58.6 Å². The van der Waals surface area contributed by atoms with Crippen molar-refractivity contribution in [2.75, 3.05) is 13.2 Å². The first-order valence-electron chi connectivity index (χ1n) is 7.34. The van der Waals surface area contributed by atoms with Crippen LogP contribution in [-0.4, -0.2) is 52.3 Å². The van der Waals surface area contributed by atoms with Crippen molar-refractivity contribution < 1.29 is 71.5 Å². The first-order chi connectivity index (χ1) is 9.88. The maximum atomic E-state index is 11.6. The Labute approximate surface area is 175 Å². The number of carbonyl (C=O) groups is 1. The Hall–Kier alpha value is 0.236. The predicted molar refractivity (Wildman–Crippen MR) is 81.1 cm³/mol. The van der Waals surface area contributed by atoms with Crippen molar-refractivity contribution in [3.8, 4) is 0 Å². The quantitative estimate of drug-likeness (QED) is 0.149. The second-order valence-corrected chi connectivity index (χ2v) is 5.14. The average Bonchev–Trinajstić information content (AvgIpc) is 2.41. The number of allylic oxidation sites excluding steroid dienone is 2. The van der Waals surface area contributed by atoms with Crippen molar-refractivity contribution in [2.24, 2.45) is 4.99 Å². The molecular formula is C15H27KN2O4. The number of unbranched alkanes of at least 4 members (excludes halogenated alkanes) is 2. The van der Waals surface area contributed by atoms with E-state index in [9.17, 15) is 15.0 Å². The summed E-state index contributed by atoms with van der Waals surface area (Å²) in [7, 11) is 0. The Bertz CT molecular complexity index is 359. The summed E-state index contributed by atoms with van der Waals surface area (Å²) in [5, 5.41) is 30.0. The van der Waals surface area contributed by atoms with Crippen molar-refractivity contribution in [3.63, 3.8) is 0 Å². The van der Waals surface area contributed by atoms with Gasteiger partial charge < -0.3 is 15.3 Å². The van der Waals surface area contributed by atoms with Gasteiger partial charge in [-0.15, -0.1) is 0 Å². The molecule has 0 saturated carbocycles. The van der Waals surface area contributed by atoms with Crippen LogP contribution in [0.25, 0.3) is 0 Å². The number of aliphatic hydroxyl groups excluding tert-OH is 1. The van der Waals surface area contributed by atoms with E-state index in [0.29, 0.717) is 6.42 Å². The standard InChI is InChI=1S/C15H28N2O4.K/c1-4-5-6-7-8-9-14(19)16-11-17(10-12(2)18)13(3)15(20)21;/h4-5,12-13,18H,6-11H2,1-3H3,(H,16,19)(H,20,21);/q;+1/p-1/b5-4+;. The SMILES string of the molecule is C/C=C/CCCCC([O-])=NCN(CC(C)O)C(C)C(=O)O.[K+]. The van der Waals surface area contributed by atoms with Gasteiger partial charge in [-0.2, -0.15) is 0 Å². The average molecular weight is 338 g/mol. The smallest absolute Gasteiger partial charge is 0.862 e. The van der Waals surface area contributed by atoms with E-state index in [2.05, 4.69) is 11.1 Å². The molecule has 2 atom stereocenters. The Morgan fingerprint density at radius 3 is 2.50 bits per heavy atom. The number of rotatable bonds is 11. The van der Waals surface area contributed by atoms with Crippen LogP contribution in [0.3, 0.4) is 0 Å². The van der Waals surface area contributed by atoms with Gasteiger partial charge in [0, 0.05) is 6.54 Å². The van der Waals surface area contributed by atoms with Gasteiger partial charge in [0.05, 0.1) is 12.8 Å². The third-order valence-electron chi connectivity index (χ3n) is 3.08. The molecule has 0 radical (unpaired) electrons. The summed E-state index contributed by atoms with van der Waals surface area (Å²) in [4.78, 5) is 16.4. The maximum absolute atomic E-state index is 11.6. The van der Waals surface area contributed by atoms with Gasteiger partial charge in [-0.25, -0.2) is 0 Å². The summed E-state index contributed by atoms with van der Waals surface area (Å²) in [5.41, 5.74) is 0. The van der Waals surface area contributed by atoms with Crippen LogP contribution in [0.4, 0.5) is 0 Å². The molecule has 0 aliphatic rings. The van der Waals surface area contributed by atoms with Gasteiger partial charge in [0.15, 0.2) is 0 Å². The molecule has 0 aromatic heterocycles. The summed E-state index contributed by atoms with van der Waals surface area (Å²) in [6.45, 7) is 5.23. The molecule has 0 spiro atoms. The fourth-order valence-electron chi connectivity index (χ4n) is 1.79. The van der Waals surface area contributed by atoms with E-state index in [-0.39, 0.29) is 70.5 Å². The second-order valence-electron chi connectivity index (χ2n) is 5.14. The van der Waals surface area contributed by atoms with Gasteiger partial charge in [-0.05, 0) is 52.4 Å². The summed E-state index contributed by atoms with van der Waals surface area (Å²) >= 11 is 0. The third-order valence-corrected chi connectivity index (χ3v) is 3.08. The van der Waals surface area contributed by atoms with E-state index in [1.54, 1.807) is 6.92 Å².